The third-order valence-electron chi connectivity index (χ3n) is 9.95. The van der Waals surface area contributed by atoms with E-state index in [0.29, 0.717) is 143 Å². The second-order valence-electron chi connectivity index (χ2n) is 15.7. The normalized spacial score (nSPS) is 18.2. The number of imidazole rings is 1. The number of aromatic nitrogens is 4. The number of carbonyl (C=O) groups is 1. The van der Waals surface area contributed by atoms with Crippen LogP contribution in [0.3, 0.4) is 0 Å². The van der Waals surface area contributed by atoms with Gasteiger partial charge in [-0.2, -0.15) is 0 Å². The molecule has 0 aliphatic carbocycles. The Hall–Kier alpha value is -2.56. The number of nitrogens with one attached hydrogen (secondary N) is 1. The first-order valence-electron chi connectivity index (χ1n) is 21.7. The van der Waals surface area contributed by atoms with Crippen LogP contribution < -0.4 is 16.8 Å². The van der Waals surface area contributed by atoms with Crippen molar-refractivity contribution in [2.75, 3.05) is 164 Å². The molecule has 2 aromatic rings. The third-order valence-corrected chi connectivity index (χ3v) is 14.4. The van der Waals surface area contributed by atoms with Crippen molar-refractivity contribution < 1.29 is 71.2 Å². The van der Waals surface area contributed by atoms with E-state index in [1.807, 2.05) is 0 Å². The molecule has 6 N–H and O–H groups in total. The minimum absolute atomic E-state index is 0.131. The van der Waals surface area contributed by atoms with Gasteiger partial charge in [0.2, 0.25) is 5.91 Å². The molecule has 364 valence electrons. The van der Waals surface area contributed by atoms with Crippen LogP contribution >= 0.6 is 0 Å². The molecule has 23 heteroatoms. The van der Waals surface area contributed by atoms with E-state index >= 15 is 0 Å². The summed E-state index contributed by atoms with van der Waals surface area (Å²) < 4.78 is 75.6. The van der Waals surface area contributed by atoms with Crippen molar-refractivity contribution in [3.63, 3.8) is 0 Å². The first kappa shape index (κ1) is 54.8. The van der Waals surface area contributed by atoms with Gasteiger partial charge < -0.3 is 83.2 Å². The fraction of sp³-hybridized carbons (Fsp3) is 0.850. The third kappa shape index (κ3) is 21.5. The van der Waals surface area contributed by atoms with Crippen LogP contribution in [-0.4, -0.2) is 216 Å². The summed E-state index contributed by atoms with van der Waals surface area (Å²) in [6.07, 6.45) is -0.0904. The van der Waals surface area contributed by atoms with Crippen molar-refractivity contribution >= 4 is 31.2 Å². The summed E-state index contributed by atoms with van der Waals surface area (Å²) in [5.74, 6) is -0.124. The Labute approximate surface area is 372 Å². The van der Waals surface area contributed by atoms with Crippen LogP contribution in [0.1, 0.15) is 27.0 Å². The second-order valence-corrected chi connectivity index (χ2v) is 20.5. The molecule has 3 heterocycles. The topological polar surface area (TPSA) is 265 Å². The van der Waals surface area contributed by atoms with Gasteiger partial charge in [0.25, 0.3) is 0 Å². The first-order valence-corrected chi connectivity index (χ1v) is 24.6. The summed E-state index contributed by atoms with van der Waals surface area (Å²) in [6, 6.07) is 0. The summed E-state index contributed by atoms with van der Waals surface area (Å²) >= 11 is 0. The van der Waals surface area contributed by atoms with Crippen LogP contribution in [0.25, 0.3) is 11.2 Å². The molecule has 0 radical (unpaired) electrons. The van der Waals surface area contributed by atoms with Crippen molar-refractivity contribution in [1.82, 2.24) is 24.8 Å². The molecule has 1 aliphatic rings. The molecule has 22 nitrogen and oxygen atoms in total. The van der Waals surface area contributed by atoms with Crippen molar-refractivity contribution in [2.45, 2.75) is 63.4 Å². The molecule has 0 unspecified atom stereocenters. The minimum atomic E-state index is -2.37. The molecule has 0 saturated carbocycles. The molecule has 2 aromatic heterocycles. The average Bonchev–Trinajstić information content (AvgIpc) is 3.84. The van der Waals surface area contributed by atoms with Gasteiger partial charge in [0, 0.05) is 13.1 Å². The number of hydrogen-bond donors (Lipinski definition) is 4. The fourth-order valence-electron chi connectivity index (χ4n) is 5.62. The van der Waals surface area contributed by atoms with E-state index in [0.717, 1.165) is 0 Å². The number of carbonyl (C=O) groups excluding carboxylic acids is 1. The molecule has 1 saturated heterocycles. The Kier molecular flexibility index (Phi) is 28.0. The van der Waals surface area contributed by atoms with E-state index in [2.05, 4.69) is 54.1 Å². The predicted molar refractivity (Wildman–Crippen MR) is 233 cm³/mol. The lowest BCUT2D eigenvalue weighted by atomic mass is 10.1. The SMILES string of the molecule is CC(C)(C)[Si](C)(C)O[C@H]1[C@@H](OCC(=O)NCCOCCOCCOCCOCCOCCOCCOCCOCCOCCOCCN)[C@H](n2cnc3c(N)ncnc32)O[C@@H]1CO. The number of aliphatic hydroxyl groups excluding tert-OH is 1. The standard InChI is InChI=1S/C40H75N7O15Si/c1-40(2,3)63(4,5)62-35-32(28-48)61-39(47-31-46-34-37(42)44-30-45-38(34)47)36(35)60-29-33(49)43-7-9-51-11-13-53-15-17-55-19-21-57-23-25-59-27-26-58-24-22-56-20-18-54-16-14-52-12-10-50-8-6-41/h30-32,35-36,39,48H,6-29,41H2,1-5H3,(H,43,49)(H2,42,44,45)/t32-,35-,36-,39-/m1/s1. The largest absolute Gasteiger partial charge is 0.408 e. The molecular formula is C40H75N7O15Si. The number of aliphatic hydroxyl groups is 1. The number of rotatable bonds is 39. The molecule has 3 rings (SSSR count). The maximum Gasteiger partial charge on any atom is 0.246 e. The van der Waals surface area contributed by atoms with E-state index in [-0.39, 0.29) is 43.1 Å². The van der Waals surface area contributed by atoms with E-state index in [9.17, 15) is 9.90 Å². The highest BCUT2D eigenvalue weighted by molar-refractivity contribution is 6.74. The van der Waals surface area contributed by atoms with Crippen LogP contribution in [0.2, 0.25) is 18.1 Å². The van der Waals surface area contributed by atoms with Gasteiger partial charge in [-0.25, -0.2) is 15.0 Å². The first-order chi connectivity index (χ1) is 30.5. The molecule has 4 atom stereocenters. The summed E-state index contributed by atoms with van der Waals surface area (Å²) in [7, 11) is -2.37. The predicted octanol–water partition coefficient (Wildman–Crippen LogP) is 0.315. The minimum Gasteiger partial charge on any atom is -0.408 e. The van der Waals surface area contributed by atoms with E-state index in [1.54, 1.807) is 4.57 Å². The van der Waals surface area contributed by atoms with Crippen molar-refractivity contribution in [1.29, 1.82) is 0 Å². The zero-order chi connectivity index (χ0) is 45.6. The van der Waals surface area contributed by atoms with Gasteiger partial charge in [0.15, 0.2) is 26.0 Å². The fourth-order valence-corrected chi connectivity index (χ4v) is 6.94. The number of hydrogen-bond acceptors (Lipinski definition) is 20. The lowest BCUT2D eigenvalue weighted by Crippen LogP contribution is -2.50. The Morgan fingerprint density at radius 2 is 1.16 bits per heavy atom. The van der Waals surface area contributed by atoms with Crippen LogP contribution in [0, 0.1) is 0 Å². The molecular weight excluding hydrogens is 847 g/mol. The van der Waals surface area contributed by atoms with E-state index in [4.69, 9.17) is 72.7 Å². The zero-order valence-electron chi connectivity index (χ0n) is 38.0. The van der Waals surface area contributed by atoms with Crippen LogP contribution in [0.5, 0.6) is 0 Å². The van der Waals surface area contributed by atoms with Gasteiger partial charge in [-0.15, -0.1) is 0 Å². The maximum absolute atomic E-state index is 12.9. The molecule has 0 aromatic carbocycles. The van der Waals surface area contributed by atoms with Gasteiger partial charge in [-0.1, -0.05) is 20.8 Å². The van der Waals surface area contributed by atoms with Crippen LogP contribution in [-0.2, 0) is 66.1 Å². The Bertz CT molecular complexity index is 1480. The summed E-state index contributed by atoms with van der Waals surface area (Å²) in [6.45, 7) is 20.1. The second kappa shape index (κ2) is 32.2. The molecule has 0 bridgehead atoms. The summed E-state index contributed by atoms with van der Waals surface area (Å²) in [4.78, 5) is 25.6. The molecule has 0 spiro atoms. The number of nitrogens with zero attached hydrogens (tertiary/aromatic N) is 4. The number of anilines is 1. The van der Waals surface area contributed by atoms with Gasteiger partial charge in [0.05, 0.1) is 145 Å². The van der Waals surface area contributed by atoms with E-state index < -0.39 is 32.9 Å². The Morgan fingerprint density at radius 1 is 0.714 bits per heavy atom. The quantitative estimate of drug-likeness (QED) is 0.0519. The highest BCUT2D eigenvalue weighted by Gasteiger charge is 2.51. The molecule has 1 fully saturated rings. The van der Waals surface area contributed by atoms with E-state index in [1.165, 1.54) is 12.7 Å². The monoisotopic (exact) mass is 922 g/mol. The van der Waals surface area contributed by atoms with Gasteiger partial charge in [0.1, 0.15) is 36.8 Å². The average molecular weight is 922 g/mol. The summed E-state index contributed by atoms with van der Waals surface area (Å²) in [5, 5.41) is 13.0. The smallest absolute Gasteiger partial charge is 0.246 e. The number of nitrogen functional groups attached to an aromatic ring is 1. The van der Waals surface area contributed by atoms with Gasteiger partial charge >= 0.3 is 0 Å². The van der Waals surface area contributed by atoms with Gasteiger partial charge in [-0.05, 0) is 18.1 Å². The Morgan fingerprint density at radius 3 is 1.59 bits per heavy atom. The van der Waals surface area contributed by atoms with Crippen LogP contribution in [0.15, 0.2) is 12.7 Å². The lowest BCUT2D eigenvalue weighted by molar-refractivity contribution is -0.132. The maximum atomic E-state index is 12.9. The number of fused-ring (bicyclic) bond motifs is 1. The Balaban J connectivity index is 1.14. The van der Waals surface area contributed by atoms with Crippen LogP contribution in [0.4, 0.5) is 5.82 Å². The highest BCUT2D eigenvalue weighted by Crippen LogP contribution is 2.42. The lowest BCUT2D eigenvalue weighted by Gasteiger charge is -2.40. The number of nitrogens with two attached hydrogens (primary N) is 2. The number of ether oxygens (including phenoxy) is 12. The molecule has 1 aliphatic heterocycles. The molecule has 63 heavy (non-hydrogen) atoms. The van der Waals surface area contributed by atoms with Gasteiger partial charge in [-0.3, -0.25) is 9.36 Å². The van der Waals surface area contributed by atoms with Crippen molar-refractivity contribution in [2.24, 2.45) is 5.73 Å². The van der Waals surface area contributed by atoms with Crippen molar-refractivity contribution in [3.8, 4) is 0 Å². The zero-order valence-corrected chi connectivity index (χ0v) is 39.0. The highest BCUT2D eigenvalue weighted by atomic mass is 28.4. The number of amides is 1. The summed E-state index contributed by atoms with van der Waals surface area (Å²) in [5.41, 5.74) is 12.2. The molecule has 1 amide bonds. The van der Waals surface area contributed by atoms with Crippen molar-refractivity contribution in [3.05, 3.63) is 12.7 Å².